The molecule has 0 saturated carbocycles. The number of nitrogens with zero attached hydrogens (tertiary/aromatic N) is 2. The number of unbranched alkanes of at least 4 members (excludes halogenated alkanes) is 2. The van der Waals surface area contributed by atoms with Crippen LogP contribution in [0, 0.1) is 0 Å². The first-order chi connectivity index (χ1) is 14.3. The smallest absolute Gasteiger partial charge is 0.220 e. The first-order valence-corrected chi connectivity index (χ1v) is 10.8. The molecule has 1 heterocycles. The fourth-order valence-corrected chi connectivity index (χ4v) is 3.20. The summed E-state index contributed by atoms with van der Waals surface area (Å²) < 4.78 is 11.7. The lowest BCUT2D eigenvalue weighted by atomic mass is 10.2. The van der Waals surface area contributed by atoms with Crippen LogP contribution in [0.1, 0.15) is 51.0 Å². The third-order valence-electron chi connectivity index (χ3n) is 4.94. The van der Waals surface area contributed by atoms with E-state index in [4.69, 9.17) is 9.15 Å². The summed E-state index contributed by atoms with van der Waals surface area (Å²) in [6.45, 7) is 8.54. The van der Waals surface area contributed by atoms with Crippen molar-refractivity contribution in [2.45, 2.75) is 39.5 Å². The maximum atomic E-state index is 5.96. The lowest BCUT2D eigenvalue weighted by Crippen LogP contribution is -2.30. The van der Waals surface area contributed by atoms with Gasteiger partial charge in [-0.1, -0.05) is 51.0 Å². The second-order valence-corrected chi connectivity index (χ2v) is 7.32. The Bertz CT molecular complexity index is 842. The number of rotatable bonds is 12. The van der Waals surface area contributed by atoms with Gasteiger partial charge < -0.3 is 9.15 Å². The van der Waals surface area contributed by atoms with Crippen molar-refractivity contribution < 1.29 is 9.15 Å². The fourth-order valence-electron chi connectivity index (χ4n) is 3.20. The molecule has 0 radical (unpaired) electrons. The van der Waals surface area contributed by atoms with Crippen molar-refractivity contribution in [2.75, 3.05) is 26.2 Å². The van der Waals surface area contributed by atoms with E-state index in [-0.39, 0.29) is 0 Å². The van der Waals surface area contributed by atoms with Crippen LogP contribution in [0.25, 0.3) is 23.3 Å². The quantitative estimate of drug-likeness (QED) is 0.364. The van der Waals surface area contributed by atoms with Gasteiger partial charge in [-0.05, 0) is 61.8 Å². The predicted molar refractivity (Wildman–Crippen MR) is 121 cm³/mol. The maximum absolute atomic E-state index is 5.96. The van der Waals surface area contributed by atoms with Gasteiger partial charge in [-0.3, -0.25) is 4.90 Å². The first kappa shape index (κ1) is 21.1. The average Bonchev–Trinajstić information content (AvgIpc) is 3.17. The van der Waals surface area contributed by atoms with Crippen LogP contribution in [0.5, 0.6) is 5.75 Å². The molecule has 2 aromatic carbocycles. The molecule has 154 valence electrons. The molecule has 0 aliphatic carbocycles. The average molecular weight is 393 g/mol. The van der Waals surface area contributed by atoms with E-state index in [1.54, 1.807) is 0 Å². The van der Waals surface area contributed by atoms with Crippen LogP contribution in [0.3, 0.4) is 0 Å². The number of benzene rings is 2. The highest BCUT2D eigenvalue weighted by atomic mass is 16.5. The van der Waals surface area contributed by atoms with Gasteiger partial charge in [-0.2, -0.15) is 0 Å². The van der Waals surface area contributed by atoms with Crippen LogP contribution in [-0.2, 0) is 0 Å². The van der Waals surface area contributed by atoms with E-state index in [0.29, 0.717) is 5.89 Å². The zero-order chi connectivity index (χ0) is 20.3. The second kappa shape index (κ2) is 11.4. The van der Waals surface area contributed by atoms with Gasteiger partial charge >= 0.3 is 0 Å². The molecule has 3 rings (SSSR count). The van der Waals surface area contributed by atoms with Gasteiger partial charge in [0.15, 0.2) is 5.58 Å². The van der Waals surface area contributed by atoms with Gasteiger partial charge in [0.1, 0.15) is 17.9 Å². The summed E-state index contributed by atoms with van der Waals surface area (Å²) in [5.41, 5.74) is 2.78. The van der Waals surface area contributed by atoms with Crippen molar-refractivity contribution >= 4 is 23.3 Å². The summed E-state index contributed by atoms with van der Waals surface area (Å²) in [5, 5.41) is 0. The molecule has 0 bridgehead atoms. The number of para-hydroxylation sites is 2. The summed E-state index contributed by atoms with van der Waals surface area (Å²) in [5.74, 6) is 1.53. The molecule has 0 N–H and O–H groups in total. The largest absolute Gasteiger partial charge is 0.492 e. The molecule has 0 aliphatic heterocycles. The SMILES string of the molecule is CCCCN(CCCC)CCOc1ccc(/C=C/c2nc3ccccc3o2)cc1. The molecular formula is C25H32N2O2. The standard InChI is InChI=1S/C25H32N2O2/c1-3-5-17-27(18-6-4-2)19-20-28-22-14-11-21(12-15-22)13-16-25-26-23-9-7-8-10-24(23)29-25/h7-16H,3-6,17-20H2,1-2H3/b16-13+. The first-order valence-electron chi connectivity index (χ1n) is 10.8. The van der Waals surface area contributed by atoms with Crippen LogP contribution in [0.15, 0.2) is 52.9 Å². The van der Waals surface area contributed by atoms with E-state index in [2.05, 4.69) is 35.9 Å². The highest BCUT2D eigenvalue weighted by molar-refractivity contribution is 5.75. The molecule has 29 heavy (non-hydrogen) atoms. The van der Waals surface area contributed by atoms with Crippen LogP contribution >= 0.6 is 0 Å². The maximum Gasteiger partial charge on any atom is 0.220 e. The summed E-state index contributed by atoms with van der Waals surface area (Å²) in [4.78, 5) is 6.98. The molecule has 4 nitrogen and oxygen atoms in total. The third-order valence-corrected chi connectivity index (χ3v) is 4.94. The Morgan fingerprint density at radius 2 is 1.62 bits per heavy atom. The van der Waals surface area contributed by atoms with E-state index in [9.17, 15) is 0 Å². The number of ether oxygens (including phenoxy) is 1. The Hall–Kier alpha value is -2.59. The Morgan fingerprint density at radius 1 is 0.897 bits per heavy atom. The summed E-state index contributed by atoms with van der Waals surface area (Å²) in [6.07, 6.45) is 8.89. The summed E-state index contributed by atoms with van der Waals surface area (Å²) in [7, 11) is 0. The summed E-state index contributed by atoms with van der Waals surface area (Å²) >= 11 is 0. The van der Waals surface area contributed by atoms with Gasteiger partial charge in [-0.15, -0.1) is 0 Å². The van der Waals surface area contributed by atoms with Crippen LogP contribution < -0.4 is 4.74 Å². The fraction of sp³-hybridized carbons (Fsp3) is 0.400. The van der Waals surface area contributed by atoms with Gasteiger partial charge in [0.2, 0.25) is 5.89 Å². The lowest BCUT2D eigenvalue weighted by Gasteiger charge is -2.22. The van der Waals surface area contributed by atoms with Crippen molar-refractivity contribution in [3.63, 3.8) is 0 Å². The topological polar surface area (TPSA) is 38.5 Å². The predicted octanol–water partition coefficient (Wildman–Crippen LogP) is 6.28. The highest BCUT2D eigenvalue weighted by Crippen LogP contribution is 2.18. The molecule has 3 aromatic rings. The number of hydrogen-bond donors (Lipinski definition) is 0. The number of hydrogen-bond acceptors (Lipinski definition) is 4. The molecule has 0 saturated heterocycles. The Morgan fingerprint density at radius 3 is 2.31 bits per heavy atom. The third kappa shape index (κ3) is 6.75. The molecular weight excluding hydrogens is 360 g/mol. The monoisotopic (exact) mass is 392 g/mol. The summed E-state index contributed by atoms with van der Waals surface area (Å²) in [6, 6.07) is 15.9. The Labute approximate surface area is 174 Å². The minimum Gasteiger partial charge on any atom is -0.492 e. The van der Waals surface area contributed by atoms with E-state index in [0.717, 1.165) is 35.6 Å². The van der Waals surface area contributed by atoms with Crippen LogP contribution in [0.2, 0.25) is 0 Å². The van der Waals surface area contributed by atoms with Gasteiger partial charge in [-0.25, -0.2) is 4.98 Å². The molecule has 0 aliphatic rings. The minimum absolute atomic E-state index is 0.616. The minimum atomic E-state index is 0.616. The lowest BCUT2D eigenvalue weighted by molar-refractivity contribution is 0.204. The molecule has 0 atom stereocenters. The van der Waals surface area contributed by atoms with E-state index < -0.39 is 0 Å². The molecule has 0 fully saturated rings. The van der Waals surface area contributed by atoms with Crippen molar-refractivity contribution in [1.82, 2.24) is 9.88 Å². The highest BCUT2D eigenvalue weighted by Gasteiger charge is 2.04. The second-order valence-electron chi connectivity index (χ2n) is 7.32. The Balaban J connectivity index is 1.49. The van der Waals surface area contributed by atoms with E-state index >= 15 is 0 Å². The number of fused-ring (bicyclic) bond motifs is 1. The van der Waals surface area contributed by atoms with E-state index in [1.165, 1.54) is 38.8 Å². The van der Waals surface area contributed by atoms with Gasteiger partial charge in [0, 0.05) is 12.6 Å². The van der Waals surface area contributed by atoms with Crippen LogP contribution in [-0.4, -0.2) is 36.1 Å². The number of oxazole rings is 1. The molecule has 0 spiro atoms. The van der Waals surface area contributed by atoms with Gasteiger partial charge in [0.25, 0.3) is 0 Å². The van der Waals surface area contributed by atoms with Crippen molar-refractivity contribution in [2.24, 2.45) is 0 Å². The molecule has 1 aromatic heterocycles. The normalized spacial score (nSPS) is 11.7. The Kier molecular flexibility index (Phi) is 8.32. The number of aromatic nitrogens is 1. The van der Waals surface area contributed by atoms with Crippen molar-refractivity contribution in [1.29, 1.82) is 0 Å². The van der Waals surface area contributed by atoms with Crippen LogP contribution in [0.4, 0.5) is 0 Å². The molecule has 0 amide bonds. The zero-order valence-electron chi connectivity index (χ0n) is 17.6. The molecule has 4 heteroatoms. The van der Waals surface area contributed by atoms with E-state index in [1.807, 2.05) is 48.6 Å². The van der Waals surface area contributed by atoms with Gasteiger partial charge in [0.05, 0.1) is 0 Å². The zero-order valence-corrected chi connectivity index (χ0v) is 17.6. The molecule has 0 unspecified atom stereocenters. The van der Waals surface area contributed by atoms with Crippen molar-refractivity contribution in [3.05, 3.63) is 60.0 Å². The van der Waals surface area contributed by atoms with Crippen molar-refractivity contribution in [3.8, 4) is 5.75 Å².